The van der Waals surface area contributed by atoms with E-state index in [2.05, 4.69) is 15.3 Å². The minimum absolute atomic E-state index is 0.130. The highest BCUT2D eigenvalue weighted by Gasteiger charge is 2.05. The Balaban J connectivity index is 2.45. The van der Waals surface area contributed by atoms with Crippen LogP contribution in [0, 0.1) is 0 Å². The number of nitrogens with zero attached hydrogens (tertiary/aromatic N) is 5. The molecule has 0 saturated carbocycles. The van der Waals surface area contributed by atoms with Crippen molar-refractivity contribution in [1.82, 2.24) is 24.5 Å². The highest BCUT2D eigenvalue weighted by Crippen LogP contribution is 2.07. The molecule has 0 fully saturated rings. The third-order valence-electron chi connectivity index (χ3n) is 1.73. The van der Waals surface area contributed by atoms with Crippen LogP contribution in [-0.2, 0) is 13.7 Å². The molecule has 0 amide bonds. The monoisotopic (exact) mass is 179 g/mol. The molecule has 0 aliphatic carbocycles. The van der Waals surface area contributed by atoms with Gasteiger partial charge in [0.15, 0.2) is 5.82 Å². The zero-order chi connectivity index (χ0) is 9.26. The molecule has 13 heavy (non-hydrogen) atoms. The van der Waals surface area contributed by atoms with Gasteiger partial charge in [0.2, 0.25) is 0 Å². The van der Waals surface area contributed by atoms with Gasteiger partial charge in [-0.1, -0.05) is 0 Å². The predicted molar refractivity (Wildman–Crippen MR) is 44.0 cm³/mol. The normalized spacial score (nSPS) is 10.6. The molecule has 0 bridgehead atoms. The second-order valence-corrected chi connectivity index (χ2v) is 2.65. The van der Waals surface area contributed by atoms with Gasteiger partial charge in [0.1, 0.15) is 12.9 Å². The molecule has 0 aromatic carbocycles. The molecule has 0 spiro atoms. The quantitative estimate of drug-likeness (QED) is 0.674. The van der Waals surface area contributed by atoms with Crippen molar-refractivity contribution in [3.63, 3.8) is 0 Å². The summed E-state index contributed by atoms with van der Waals surface area (Å²) in [7, 11) is 1.83. The van der Waals surface area contributed by atoms with E-state index in [1.54, 1.807) is 21.8 Å². The van der Waals surface area contributed by atoms with Crippen LogP contribution in [0.4, 0.5) is 0 Å². The van der Waals surface area contributed by atoms with Crippen LogP contribution in [0.3, 0.4) is 0 Å². The van der Waals surface area contributed by atoms with Crippen LogP contribution < -0.4 is 0 Å². The lowest BCUT2D eigenvalue weighted by Crippen LogP contribution is -1.98. The average molecular weight is 179 g/mol. The summed E-state index contributed by atoms with van der Waals surface area (Å²) in [5.74, 6) is 0.507. The van der Waals surface area contributed by atoms with E-state index < -0.39 is 0 Å². The first-order chi connectivity index (χ1) is 6.31. The van der Waals surface area contributed by atoms with E-state index in [1.807, 2.05) is 13.2 Å². The van der Waals surface area contributed by atoms with Gasteiger partial charge in [-0.25, -0.2) is 0 Å². The summed E-state index contributed by atoms with van der Waals surface area (Å²) in [5, 5.41) is 20.4. The topological polar surface area (TPSA) is 68.8 Å². The predicted octanol–water partition coefficient (Wildman–Crippen LogP) is -0.507. The van der Waals surface area contributed by atoms with Crippen LogP contribution in [0.2, 0.25) is 0 Å². The van der Waals surface area contributed by atoms with E-state index in [9.17, 15) is 0 Å². The molecule has 0 aliphatic heterocycles. The first-order valence-corrected chi connectivity index (χ1v) is 3.80. The largest absolute Gasteiger partial charge is 0.388 e. The Morgan fingerprint density at radius 3 is 3.00 bits per heavy atom. The molecule has 0 unspecified atom stereocenters. The van der Waals surface area contributed by atoms with Crippen molar-refractivity contribution in [2.24, 2.45) is 7.05 Å². The number of hydrogen-bond acceptors (Lipinski definition) is 4. The number of aliphatic hydroxyl groups excluding tert-OH is 1. The summed E-state index contributed by atoms with van der Waals surface area (Å²) in [4.78, 5) is 0. The molecular weight excluding hydrogens is 170 g/mol. The molecule has 68 valence electrons. The Morgan fingerprint density at radius 2 is 2.38 bits per heavy atom. The first-order valence-electron chi connectivity index (χ1n) is 3.80. The molecule has 2 heterocycles. The van der Waals surface area contributed by atoms with E-state index in [1.165, 1.54) is 0 Å². The highest BCUT2D eigenvalue weighted by molar-refractivity contribution is 5.26. The Hall–Kier alpha value is -1.69. The fourth-order valence-corrected chi connectivity index (χ4v) is 1.12. The molecule has 2 aromatic rings. The van der Waals surface area contributed by atoms with Gasteiger partial charge in [-0.3, -0.25) is 9.25 Å². The van der Waals surface area contributed by atoms with Gasteiger partial charge in [-0.15, -0.1) is 10.2 Å². The summed E-state index contributed by atoms with van der Waals surface area (Å²) in [6.45, 7) is -0.130. The molecule has 0 saturated heterocycles. The lowest BCUT2D eigenvalue weighted by Gasteiger charge is -1.98. The third kappa shape index (κ3) is 1.31. The summed E-state index contributed by atoms with van der Waals surface area (Å²) in [5.41, 5.74) is 0.844. The van der Waals surface area contributed by atoms with Crippen molar-refractivity contribution < 1.29 is 5.11 Å². The second-order valence-electron chi connectivity index (χ2n) is 2.65. The fraction of sp³-hybridized carbons (Fsp3) is 0.286. The van der Waals surface area contributed by atoms with E-state index >= 15 is 0 Å². The van der Waals surface area contributed by atoms with E-state index in [0.29, 0.717) is 5.82 Å². The highest BCUT2D eigenvalue weighted by atomic mass is 16.3. The Morgan fingerprint density at radius 1 is 1.54 bits per heavy atom. The van der Waals surface area contributed by atoms with Gasteiger partial charge in [0.25, 0.3) is 0 Å². The molecule has 2 rings (SSSR count). The molecule has 0 radical (unpaired) electrons. The Kier molecular flexibility index (Phi) is 1.82. The zero-order valence-electron chi connectivity index (χ0n) is 7.12. The number of rotatable bonds is 2. The maximum atomic E-state index is 8.92. The van der Waals surface area contributed by atoms with Gasteiger partial charge < -0.3 is 5.11 Å². The van der Waals surface area contributed by atoms with Gasteiger partial charge in [0.05, 0.1) is 11.9 Å². The minimum Gasteiger partial charge on any atom is -0.388 e. The van der Waals surface area contributed by atoms with E-state index in [-0.39, 0.29) is 6.61 Å². The van der Waals surface area contributed by atoms with E-state index in [4.69, 9.17) is 5.11 Å². The van der Waals surface area contributed by atoms with Gasteiger partial charge >= 0.3 is 0 Å². The van der Waals surface area contributed by atoms with Crippen LogP contribution in [0.25, 0.3) is 5.69 Å². The fourth-order valence-electron chi connectivity index (χ4n) is 1.12. The van der Waals surface area contributed by atoms with Gasteiger partial charge in [-0.05, 0) is 0 Å². The van der Waals surface area contributed by atoms with Crippen molar-refractivity contribution in [2.75, 3.05) is 0 Å². The molecule has 6 heteroatoms. The van der Waals surface area contributed by atoms with Crippen LogP contribution >= 0.6 is 0 Å². The van der Waals surface area contributed by atoms with Crippen molar-refractivity contribution in [3.8, 4) is 5.69 Å². The molecule has 0 aliphatic rings. The van der Waals surface area contributed by atoms with Crippen LogP contribution in [0.15, 0.2) is 18.7 Å². The maximum absolute atomic E-state index is 8.92. The molecule has 2 aromatic heterocycles. The molecule has 0 atom stereocenters. The smallest absolute Gasteiger partial charge is 0.163 e. The number of aliphatic hydroxyl groups is 1. The summed E-state index contributed by atoms with van der Waals surface area (Å²) >= 11 is 0. The molecular formula is C7H9N5O. The van der Waals surface area contributed by atoms with Gasteiger partial charge in [-0.2, -0.15) is 5.10 Å². The van der Waals surface area contributed by atoms with Crippen LogP contribution in [-0.4, -0.2) is 29.7 Å². The van der Waals surface area contributed by atoms with Crippen LogP contribution in [0.1, 0.15) is 5.82 Å². The second kappa shape index (κ2) is 2.98. The van der Waals surface area contributed by atoms with Crippen LogP contribution in [0.5, 0.6) is 0 Å². The number of hydrogen-bond donors (Lipinski definition) is 1. The number of aromatic nitrogens is 5. The molecule has 6 nitrogen and oxygen atoms in total. The Labute approximate surface area is 74.4 Å². The number of aryl methyl sites for hydroxylation is 1. The maximum Gasteiger partial charge on any atom is 0.163 e. The lowest BCUT2D eigenvalue weighted by molar-refractivity contribution is 0.269. The summed E-state index contributed by atoms with van der Waals surface area (Å²) in [6, 6.07) is 0. The third-order valence-corrected chi connectivity index (χ3v) is 1.73. The Bertz CT molecular complexity index is 404. The van der Waals surface area contributed by atoms with Crippen molar-refractivity contribution in [2.45, 2.75) is 6.61 Å². The SMILES string of the molecule is Cn1cc(-n2cnnc2CO)cn1. The average Bonchev–Trinajstić information content (AvgIpc) is 2.71. The van der Waals surface area contributed by atoms with Gasteiger partial charge in [0, 0.05) is 13.2 Å². The lowest BCUT2D eigenvalue weighted by atomic mass is 10.5. The first kappa shape index (κ1) is 7.93. The zero-order valence-corrected chi connectivity index (χ0v) is 7.12. The standard InChI is InChI=1S/C7H9N5O/c1-11-3-6(2-9-11)12-5-8-10-7(12)4-13/h2-3,5,13H,4H2,1H3. The minimum atomic E-state index is -0.130. The van der Waals surface area contributed by atoms with Crippen molar-refractivity contribution in [3.05, 3.63) is 24.5 Å². The molecule has 1 N–H and O–H groups in total. The van der Waals surface area contributed by atoms with E-state index in [0.717, 1.165) is 5.69 Å². The van der Waals surface area contributed by atoms with Crippen molar-refractivity contribution in [1.29, 1.82) is 0 Å². The summed E-state index contributed by atoms with van der Waals surface area (Å²) in [6.07, 6.45) is 5.05. The summed E-state index contributed by atoms with van der Waals surface area (Å²) < 4.78 is 3.36. The van der Waals surface area contributed by atoms with Crippen molar-refractivity contribution >= 4 is 0 Å².